The Morgan fingerprint density at radius 2 is 0.915 bits per heavy atom. The molecule has 0 amide bonds. The predicted octanol–water partition coefficient (Wildman–Crippen LogP) is 17.1. The van der Waals surface area contributed by atoms with Gasteiger partial charge in [-0.25, -0.2) is 0 Å². The molecular formula is C67H48N2O2. The first-order chi connectivity index (χ1) is 35.1. The van der Waals surface area contributed by atoms with Crippen LogP contribution in [0.25, 0.3) is 71.6 Å². The van der Waals surface area contributed by atoms with E-state index < -0.39 is 5.41 Å². The number of hydrogen-bond donors (Lipinski definition) is 0. The summed E-state index contributed by atoms with van der Waals surface area (Å²) in [6, 6.07) is 92.8. The van der Waals surface area contributed by atoms with Crippen LogP contribution in [-0.2, 0) is 5.41 Å². The minimum absolute atomic E-state index is 0.508. The number of hydrogen-bond acceptors (Lipinski definition) is 3. The first-order valence-corrected chi connectivity index (χ1v) is 24.2. The maximum absolute atomic E-state index is 5.52. The average Bonchev–Trinajstić information content (AvgIpc) is 3.94. The highest BCUT2D eigenvalue weighted by Crippen LogP contribution is 2.57. The lowest BCUT2D eigenvalue weighted by atomic mass is 9.67. The predicted molar refractivity (Wildman–Crippen MR) is 294 cm³/mol. The molecule has 13 rings (SSSR count). The van der Waals surface area contributed by atoms with Crippen LogP contribution in [-0.4, -0.2) is 18.8 Å². The minimum atomic E-state index is -0.508. The molecule has 4 nitrogen and oxygen atoms in total. The van der Waals surface area contributed by atoms with E-state index in [0.29, 0.717) is 0 Å². The van der Waals surface area contributed by atoms with Gasteiger partial charge in [-0.2, -0.15) is 0 Å². The third-order valence-corrected chi connectivity index (χ3v) is 14.7. The molecule has 1 aromatic heterocycles. The van der Waals surface area contributed by atoms with Gasteiger partial charge in [-0.05, 0) is 151 Å². The fourth-order valence-electron chi connectivity index (χ4n) is 11.5. The number of fused-ring (bicyclic) bond motifs is 8. The Bertz CT molecular complexity index is 3850. The lowest BCUT2D eigenvalue weighted by Gasteiger charge is -2.34. The van der Waals surface area contributed by atoms with Gasteiger partial charge in [0.25, 0.3) is 0 Å². The Hall–Kier alpha value is -9.12. The number of para-hydroxylation sites is 1. The van der Waals surface area contributed by atoms with Gasteiger partial charge in [0.1, 0.15) is 11.5 Å². The van der Waals surface area contributed by atoms with Crippen molar-refractivity contribution in [3.8, 4) is 50.6 Å². The zero-order chi connectivity index (χ0) is 47.5. The zero-order valence-electron chi connectivity index (χ0n) is 39.5. The number of anilines is 3. The molecule has 338 valence electrons. The van der Waals surface area contributed by atoms with Crippen LogP contribution >= 0.6 is 0 Å². The topological polar surface area (TPSA) is 26.6 Å². The van der Waals surface area contributed by atoms with Crippen molar-refractivity contribution < 1.29 is 9.47 Å². The molecule has 0 radical (unpaired) electrons. The summed E-state index contributed by atoms with van der Waals surface area (Å²) < 4.78 is 13.5. The van der Waals surface area contributed by atoms with Gasteiger partial charge in [0.15, 0.2) is 0 Å². The van der Waals surface area contributed by atoms with Crippen LogP contribution < -0.4 is 14.4 Å². The van der Waals surface area contributed by atoms with E-state index >= 15 is 0 Å². The molecule has 12 aromatic rings. The molecular weight excluding hydrogens is 865 g/mol. The van der Waals surface area contributed by atoms with Crippen molar-refractivity contribution in [2.45, 2.75) is 5.41 Å². The SMILES string of the molecule is COc1ccc(N(c2ccc(OC)cc2)c2cccc(-c3ccc(-c4cc5c(c6ccccc46)c4ccccc4n5-c4ccc5c(c4)C(c4ccccc4)(c4ccccc4)c4ccccc4-5)cc3)c2)cc1. The zero-order valence-corrected chi connectivity index (χ0v) is 39.5. The van der Waals surface area contributed by atoms with E-state index in [4.69, 9.17) is 9.47 Å². The Morgan fingerprint density at radius 3 is 1.58 bits per heavy atom. The van der Waals surface area contributed by atoms with Crippen molar-refractivity contribution in [1.29, 1.82) is 0 Å². The minimum Gasteiger partial charge on any atom is -0.497 e. The number of ether oxygens (including phenoxy) is 2. The molecule has 1 aliphatic carbocycles. The van der Waals surface area contributed by atoms with Gasteiger partial charge >= 0.3 is 0 Å². The molecule has 0 N–H and O–H groups in total. The summed E-state index contributed by atoms with van der Waals surface area (Å²) in [5.41, 5.74) is 18.4. The standard InChI is InChI=1S/C67H48N2O2/c1-70-54-37-32-50(33-38-54)68(51-34-39-55(71-2)40-35-51)52-21-15-16-47(42-52)45-28-30-46(31-29-45)61-44-65-66(59-24-10-9-22-56(59)61)60-25-12-14-27-64(60)69(65)53-36-41-58-57-23-11-13-26-62(57)67(63(58)43-53,48-17-5-3-6-18-48)49-19-7-4-8-20-49/h3-44H,1-2H3. The number of rotatable bonds is 10. The molecule has 1 heterocycles. The van der Waals surface area contributed by atoms with Crippen molar-refractivity contribution in [1.82, 2.24) is 4.57 Å². The Kier molecular flexibility index (Phi) is 10.1. The highest BCUT2D eigenvalue weighted by atomic mass is 16.5. The van der Waals surface area contributed by atoms with Crippen LogP contribution in [0.15, 0.2) is 255 Å². The Morgan fingerprint density at radius 1 is 0.352 bits per heavy atom. The molecule has 1 aliphatic rings. The highest BCUT2D eigenvalue weighted by Gasteiger charge is 2.46. The molecule has 0 unspecified atom stereocenters. The van der Waals surface area contributed by atoms with Crippen molar-refractivity contribution >= 4 is 49.6 Å². The van der Waals surface area contributed by atoms with Crippen LogP contribution in [0.3, 0.4) is 0 Å². The van der Waals surface area contributed by atoms with E-state index in [9.17, 15) is 0 Å². The lowest BCUT2D eigenvalue weighted by Crippen LogP contribution is -2.28. The van der Waals surface area contributed by atoms with Gasteiger partial charge in [-0.15, -0.1) is 0 Å². The Balaban J connectivity index is 0.959. The molecule has 4 heteroatoms. The molecule has 11 aromatic carbocycles. The van der Waals surface area contributed by atoms with Crippen molar-refractivity contribution in [2.24, 2.45) is 0 Å². The maximum Gasteiger partial charge on any atom is 0.119 e. The molecule has 0 saturated heterocycles. The highest BCUT2D eigenvalue weighted by molar-refractivity contribution is 6.24. The van der Waals surface area contributed by atoms with Crippen molar-refractivity contribution in [3.05, 3.63) is 277 Å². The van der Waals surface area contributed by atoms with Gasteiger partial charge in [-0.1, -0.05) is 170 Å². The summed E-state index contributed by atoms with van der Waals surface area (Å²) in [6.45, 7) is 0. The van der Waals surface area contributed by atoms with E-state index in [2.05, 4.69) is 240 Å². The molecule has 0 bridgehead atoms. The van der Waals surface area contributed by atoms with Crippen LogP contribution in [0.5, 0.6) is 11.5 Å². The second-order valence-corrected chi connectivity index (χ2v) is 18.3. The van der Waals surface area contributed by atoms with E-state index in [-0.39, 0.29) is 0 Å². The Labute approximate surface area is 413 Å². The summed E-state index contributed by atoms with van der Waals surface area (Å²) >= 11 is 0. The summed E-state index contributed by atoms with van der Waals surface area (Å²) in [4.78, 5) is 2.26. The van der Waals surface area contributed by atoms with Crippen LogP contribution in [0.4, 0.5) is 17.1 Å². The summed E-state index contributed by atoms with van der Waals surface area (Å²) in [5, 5.41) is 4.96. The lowest BCUT2D eigenvalue weighted by molar-refractivity contribution is 0.415. The third kappa shape index (κ3) is 6.75. The number of benzene rings is 11. The molecule has 0 atom stereocenters. The van der Waals surface area contributed by atoms with Gasteiger partial charge in [-0.3, -0.25) is 0 Å². The van der Waals surface area contributed by atoms with E-state index in [0.717, 1.165) is 50.9 Å². The number of methoxy groups -OCH3 is 2. The van der Waals surface area contributed by atoms with Crippen molar-refractivity contribution in [2.75, 3.05) is 19.1 Å². The first-order valence-electron chi connectivity index (χ1n) is 24.2. The van der Waals surface area contributed by atoms with Crippen LogP contribution in [0.2, 0.25) is 0 Å². The quantitative estimate of drug-likeness (QED) is 0.137. The largest absolute Gasteiger partial charge is 0.497 e. The van der Waals surface area contributed by atoms with E-state index in [1.54, 1.807) is 14.2 Å². The van der Waals surface area contributed by atoms with E-state index in [1.165, 1.54) is 71.5 Å². The molecule has 0 fully saturated rings. The molecule has 0 saturated carbocycles. The first kappa shape index (κ1) is 42.0. The molecule has 0 aliphatic heterocycles. The second-order valence-electron chi connectivity index (χ2n) is 18.3. The second kappa shape index (κ2) is 17.1. The summed E-state index contributed by atoms with van der Waals surface area (Å²) in [6.07, 6.45) is 0. The van der Waals surface area contributed by atoms with Gasteiger partial charge < -0.3 is 18.9 Å². The van der Waals surface area contributed by atoms with Gasteiger partial charge in [0, 0.05) is 33.5 Å². The smallest absolute Gasteiger partial charge is 0.119 e. The monoisotopic (exact) mass is 912 g/mol. The van der Waals surface area contributed by atoms with E-state index in [1.807, 2.05) is 24.3 Å². The normalized spacial score (nSPS) is 12.5. The van der Waals surface area contributed by atoms with Crippen molar-refractivity contribution in [3.63, 3.8) is 0 Å². The van der Waals surface area contributed by atoms with Gasteiger partial charge in [0.2, 0.25) is 0 Å². The fourth-order valence-corrected chi connectivity index (χ4v) is 11.5. The van der Waals surface area contributed by atoms with Gasteiger partial charge in [0.05, 0.1) is 30.7 Å². The summed E-state index contributed by atoms with van der Waals surface area (Å²) in [7, 11) is 3.39. The molecule has 0 spiro atoms. The van der Waals surface area contributed by atoms with Crippen LogP contribution in [0.1, 0.15) is 22.3 Å². The fraction of sp³-hybridized carbons (Fsp3) is 0.0448. The van der Waals surface area contributed by atoms with Crippen LogP contribution in [0, 0.1) is 0 Å². The average molecular weight is 913 g/mol. The number of aromatic nitrogens is 1. The summed E-state index contributed by atoms with van der Waals surface area (Å²) in [5.74, 6) is 1.63. The third-order valence-electron chi connectivity index (χ3n) is 14.7. The maximum atomic E-state index is 5.52. The molecule has 71 heavy (non-hydrogen) atoms. The number of nitrogens with zero attached hydrogens (tertiary/aromatic N) is 2.